The van der Waals surface area contributed by atoms with E-state index in [4.69, 9.17) is 12.2 Å². The number of carbonyl (C=O) groups excluding carboxylic acids is 1. The van der Waals surface area contributed by atoms with E-state index in [1.54, 1.807) is 12.1 Å². The number of hydrogen-bond acceptors (Lipinski definition) is 2. The molecule has 2 N–H and O–H groups in total. The molecule has 24 heavy (non-hydrogen) atoms. The Labute approximate surface area is 148 Å². The van der Waals surface area contributed by atoms with Gasteiger partial charge in [-0.15, -0.1) is 0 Å². The Kier molecular flexibility index (Phi) is 7.43. The van der Waals surface area contributed by atoms with Crippen molar-refractivity contribution in [3.63, 3.8) is 0 Å². The molecule has 1 aromatic rings. The average molecular weight is 351 g/mol. The van der Waals surface area contributed by atoms with Crippen LogP contribution in [0.1, 0.15) is 39.0 Å². The number of piperidine rings is 1. The molecule has 0 spiro atoms. The number of rotatable bonds is 6. The Morgan fingerprint density at radius 3 is 2.54 bits per heavy atom. The van der Waals surface area contributed by atoms with Gasteiger partial charge in [-0.25, -0.2) is 4.39 Å². The van der Waals surface area contributed by atoms with Crippen molar-refractivity contribution >= 4 is 28.9 Å². The van der Waals surface area contributed by atoms with Gasteiger partial charge in [-0.3, -0.25) is 4.79 Å². The molecule has 1 fully saturated rings. The minimum absolute atomic E-state index is 0.0801. The van der Waals surface area contributed by atoms with Crippen molar-refractivity contribution in [3.8, 4) is 0 Å². The lowest BCUT2D eigenvalue weighted by Gasteiger charge is -2.33. The van der Waals surface area contributed by atoms with Gasteiger partial charge in [0, 0.05) is 31.2 Å². The van der Waals surface area contributed by atoms with Crippen LogP contribution in [0.25, 0.3) is 0 Å². The lowest BCUT2D eigenvalue weighted by atomic mass is 9.96. The Hall–Kier alpha value is -1.69. The van der Waals surface area contributed by atoms with Crippen LogP contribution in [-0.4, -0.2) is 35.6 Å². The summed E-state index contributed by atoms with van der Waals surface area (Å²) < 4.78 is 12.9. The molecular weight excluding hydrogens is 325 g/mol. The van der Waals surface area contributed by atoms with Gasteiger partial charge >= 0.3 is 0 Å². The molecule has 0 bridgehead atoms. The van der Waals surface area contributed by atoms with Gasteiger partial charge in [0.25, 0.3) is 0 Å². The molecule has 0 aliphatic carbocycles. The maximum Gasteiger partial charge on any atom is 0.223 e. The number of halogens is 1. The van der Waals surface area contributed by atoms with Gasteiger partial charge < -0.3 is 15.5 Å². The summed E-state index contributed by atoms with van der Waals surface area (Å²) in [6.07, 6.45) is 4.98. The van der Waals surface area contributed by atoms with Crippen LogP contribution in [0.5, 0.6) is 0 Å². The van der Waals surface area contributed by atoms with E-state index in [9.17, 15) is 9.18 Å². The van der Waals surface area contributed by atoms with E-state index in [1.165, 1.54) is 12.1 Å². The zero-order valence-electron chi connectivity index (χ0n) is 14.2. The third-order valence-electron chi connectivity index (χ3n) is 4.33. The van der Waals surface area contributed by atoms with E-state index in [-0.39, 0.29) is 17.6 Å². The fourth-order valence-corrected chi connectivity index (χ4v) is 3.11. The standard InChI is InChI=1S/C18H26FN3OS/c1-2-3-4-11-20-17(23)14-9-12-22(13-10-14)18(24)21-16-7-5-15(19)6-8-16/h5-8,14H,2-4,9-13H2,1H3,(H,20,23)(H,21,24). The second-order valence-electron chi connectivity index (χ2n) is 6.20. The number of unbranched alkanes of at least 4 members (excludes halogenated alkanes) is 2. The topological polar surface area (TPSA) is 44.4 Å². The molecule has 6 heteroatoms. The SMILES string of the molecule is CCCCCNC(=O)C1CCN(C(=S)Nc2ccc(F)cc2)CC1. The average Bonchev–Trinajstić information content (AvgIpc) is 2.60. The summed E-state index contributed by atoms with van der Waals surface area (Å²) in [6, 6.07) is 6.14. The third-order valence-corrected chi connectivity index (χ3v) is 4.69. The number of hydrogen-bond donors (Lipinski definition) is 2. The summed E-state index contributed by atoms with van der Waals surface area (Å²) in [5.74, 6) is -0.0168. The van der Waals surface area contributed by atoms with E-state index in [0.29, 0.717) is 5.11 Å². The number of amides is 1. The minimum Gasteiger partial charge on any atom is -0.356 e. The molecule has 1 heterocycles. The monoisotopic (exact) mass is 351 g/mol. The first-order chi connectivity index (χ1) is 11.6. The van der Waals surface area contributed by atoms with Crippen LogP contribution in [0.2, 0.25) is 0 Å². The summed E-state index contributed by atoms with van der Waals surface area (Å²) >= 11 is 5.41. The molecule has 1 amide bonds. The van der Waals surface area contributed by atoms with Crippen molar-refractivity contribution in [2.24, 2.45) is 5.92 Å². The summed E-state index contributed by atoms with van der Waals surface area (Å²) in [4.78, 5) is 14.2. The van der Waals surface area contributed by atoms with Crippen LogP contribution in [0, 0.1) is 11.7 Å². The fraction of sp³-hybridized carbons (Fsp3) is 0.556. The first kappa shape index (κ1) is 18.6. The van der Waals surface area contributed by atoms with Crippen LogP contribution >= 0.6 is 12.2 Å². The van der Waals surface area contributed by atoms with Gasteiger partial charge in [-0.2, -0.15) is 0 Å². The highest BCUT2D eigenvalue weighted by atomic mass is 32.1. The maximum atomic E-state index is 12.9. The molecule has 1 aromatic carbocycles. The summed E-state index contributed by atoms with van der Waals surface area (Å²) in [6.45, 7) is 4.46. The second-order valence-corrected chi connectivity index (χ2v) is 6.58. The van der Waals surface area contributed by atoms with Crippen molar-refractivity contribution in [1.82, 2.24) is 10.2 Å². The molecule has 2 rings (SSSR count). The van der Waals surface area contributed by atoms with Gasteiger partial charge in [-0.05, 0) is 55.7 Å². The van der Waals surface area contributed by atoms with Crippen molar-refractivity contribution in [3.05, 3.63) is 30.1 Å². The molecule has 0 aromatic heterocycles. The quantitative estimate of drug-likeness (QED) is 0.608. The number of carbonyl (C=O) groups is 1. The highest BCUT2D eigenvalue weighted by molar-refractivity contribution is 7.80. The number of likely N-dealkylation sites (tertiary alicyclic amines) is 1. The third kappa shape index (κ3) is 5.74. The second kappa shape index (κ2) is 9.57. The largest absolute Gasteiger partial charge is 0.356 e. The van der Waals surface area contributed by atoms with Crippen LogP contribution < -0.4 is 10.6 Å². The predicted molar refractivity (Wildman–Crippen MR) is 99.5 cm³/mol. The first-order valence-electron chi connectivity index (χ1n) is 8.69. The van der Waals surface area contributed by atoms with E-state index in [2.05, 4.69) is 22.5 Å². The van der Waals surface area contributed by atoms with Crippen LogP contribution in [-0.2, 0) is 4.79 Å². The Balaban J connectivity index is 1.72. The first-order valence-corrected chi connectivity index (χ1v) is 9.10. The Morgan fingerprint density at radius 1 is 1.25 bits per heavy atom. The smallest absolute Gasteiger partial charge is 0.223 e. The number of nitrogens with one attached hydrogen (secondary N) is 2. The lowest BCUT2D eigenvalue weighted by molar-refractivity contribution is -0.126. The molecular formula is C18H26FN3OS. The van der Waals surface area contributed by atoms with E-state index >= 15 is 0 Å². The minimum atomic E-state index is -0.266. The molecule has 0 unspecified atom stereocenters. The summed E-state index contributed by atoms with van der Waals surface area (Å²) in [5, 5.41) is 6.78. The summed E-state index contributed by atoms with van der Waals surface area (Å²) in [5.41, 5.74) is 0.775. The van der Waals surface area contributed by atoms with Gasteiger partial charge in [0.1, 0.15) is 5.82 Å². The van der Waals surface area contributed by atoms with Gasteiger partial charge in [-0.1, -0.05) is 19.8 Å². The Bertz CT molecular complexity index is 542. The number of benzene rings is 1. The number of thiocarbonyl (C=S) groups is 1. The van der Waals surface area contributed by atoms with Gasteiger partial charge in [0.15, 0.2) is 5.11 Å². The van der Waals surface area contributed by atoms with Crippen LogP contribution in [0.15, 0.2) is 24.3 Å². The molecule has 4 nitrogen and oxygen atoms in total. The number of nitrogens with zero attached hydrogens (tertiary/aromatic N) is 1. The van der Waals surface area contributed by atoms with Crippen molar-refractivity contribution in [2.75, 3.05) is 25.0 Å². The van der Waals surface area contributed by atoms with Gasteiger partial charge in [0.2, 0.25) is 5.91 Å². The van der Waals surface area contributed by atoms with E-state index in [1.807, 2.05) is 0 Å². The highest BCUT2D eigenvalue weighted by Crippen LogP contribution is 2.19. The van der Waals surface area contributed by atoms with Crippen molar-refractivity contribution < 1.29 is 9.18 Å². The molecule has 1 aliphatic heterocycles. The zero-order valence-corrected chi connectivity index (χ0v) is 15.0. The van der Waals surface area contributed by atoms with Crippen molar-refractivity contribution in [2.45, 2.75) is 39.0 Å². The molecule has 0 saturated carbocycles. The molecule has 132 valence electrons. The molecule has 0 radical (unpaired) electrons. The molecule has 0 atom stereocenters. The predicted octanol–water partition coefficient (Wildman–Crippen LogP) is 3.54. The number of anilines is 1. The van der Waals surface area contributed by atoms with E-state index < -0.39 is 0 Å². The maximum absolute atomic E-state index is 12.9. The highest BCUT2D eigenvalue weighted by Gasteiger charge is 2.25. The van der Waals surface area contributed by atoms with Crippen LogP contribution in [0.3, 0.4) is 0 Å². The molecule has 1 aliphatic rings. The zero-order chi connectivity index (χ0) is 17.4. The normalized spacial score (nSPS) is 15.2. The fourth-order valence-electron chi connectivity index (χ4n) is 2.81. The lowest BCUT2D eigenvalue weighted by Crippen LogP contribution is -2.44. The van der Waals surface area contributed by atoms with Crippen LogP contribution in [0.4, 0.5) is 10.1 Å². The van der Waals surface area contributed by atoms with E-state index in [0.717, 1.165) is 57.4 Å². The summed E-state index contributed by atoms with van der Waals surface area (Å²) in [7, 11) is 0. The van der Waals surface area contributed by atoms with Gasteiger partial charge in [0.05, 0.1) is 0 Å². The Morgan fingerprint density at radius 2 is 1.92 bits per heavy atom. The van der Waals surface area contributed by atoms with Crippen molar-refractivity contribution in [1.29, 1.82) is 0 Å². The molecule has 1 saturated heterocycles.